The van der Waals surface area contributed by atoms with Crippen LogP contribution in [0, 0.1) is 0 Å². The first-order valence-electron chi connectivity index (χ1n) is 13.2. The number of para-hydroxylation sites is 1. The smallest absolute Gasteiger partial charge is 0.261 e. The van der Waals surface area contributed by atoms with Gasteiger partial charge >= 0.3 is 0 Å². The molecular formula is C33H33ClN2O5. The van der Waals surface area contributed by atoms with Crippen LogP contribution in [0.4, 0.5) is 0 Å². The fraction of sp³-hybridized carbons (Fsp3) is 0.212. The van der Waals surface area contributed by atoms with E-state index in [1.54, 1.807) is 43.4 Å². The minimum atomic E-state index is -0.885. The largest absolute Gasteiger partial charge is 0.493 e. The molecule has 0 bridgehead atoms. The van der Waals surface area contributed by atoms with Crippen LogP contribution in [-0.2, 0) is 22.6 Å². The fourth-order valence-corrected chi connectivity index (χ4v) is 4.65. The van der Waals surface area contributed by atoms with E-state index in [2.05, 4.69) is 5.32 Å². The maximum atomic E-state index is 13.8. The molecule has 0 saturated carbocycles. The van der Waals surface area contributed by atoms with Gasteiger partial charge in [0.05, 0.1) is 19.2 Å². The molecule has 4 aromatic rings. The summed E-state index contributed by atoms with van der Waals surface area (Å²) in [6, 6.07) is 30.6. The molecule has 41 heavy (non-hydrogen) atoms. The van der Waals surface area contributed by atoms with Crippen LogP contribution < -0.4 is 19.5 Å². The van der Waals surface area contributed by atoms with E-state index >= 15 is 0 Å². The summed E-state index contributed by atoms with van der Waals surface area (Å²) < 4.78 is 16.5. The van der Waals surface area contributed by atoms with Crippen molar-refractivity contribution >= 4 is 23.4 Å². The quantitative estimate of drug-likeness (QED) is 0.217. The van der Waals surface area contributed by atoms with Gasteiger partial charge in [0.25, 0.3) is 5.91 Å². The number of nitrogens with one attached hydrogen (secondary N) is 1. The average Bonchev–Trinajstić information content (AvgIpc) is 3.01. The van der Waals surface area contributed by atoms with Crippen molar-refractivity contribution in [3.63, 3.8) is 0 Å². The van der Waals surface area contributed by atoms with Crippen LogP contribution in [-0.4, -0.2) is 44.1 Å². The third-order valence-corrected chi connectivity index (χ3v) is 6.85. The van der Waals surface area contributed by atoms with Gasteiger partial charge in [0.1, 0.15) is 11.8 Å². The highest BCUT2D eigenvalue weighted by Gasteiger charge is 2.31. The summed E-state index contributed by atoms with van der Waals surface area (Å²) in [6.45, 7) is 0.300. The molecule has 0 spiro atoms. The van der Waals surface area contributed by atoms with E-state index in [1.807, 2.05) is 78.9 Å². The first-order chi connectivity index (χ1) is 20.0. The zero-order valence-electron chi connectivity index (χ0n) is 23.1. The highest BCUT2D eigenvalue weighted by atomic mass is 35.5. The van der Waals surface area contributed by atoms with E-state index in [1.165, 1.54) is 0 Å². The standard InChI is InChI=1S/C33H33ClN2O5/c1-39-29-18-17-24(21-30(29)40-2)19-20-35-33(38)32(26-13-7-4-8-14-26)36(22-25-11-5-3-6-12-25)31(37)23-41-28-16-10-9-15-27(28)34/h3-18,21,32H,19-20,22-23H2,1-2H3,(H,35,38)/t32-/m0/s1. The Balaban J connectivity index is 1.56. The Kier molecular flexibility index (Phi) is 10.6. The van der Waals surface area contributed by atoms with E-state index in [0.29, 0.717) is 40.8 Å². The first kappa shape index (κ1) is 29.5. The van der Waals surface area contributed by atoms with Crippen molar-refractivity contribution in [1.29, 1.82) is 0 Å². The summed E-state index contributed by atoms with van der Waals surface area (Å²) in [5.74, 6) is 1.02. The van der Waals surface area contributed by atoms with Gasteiger partial charge in [0.2, 0.25) is 5.91 Å². The summed E-state index contributed by atoms with van der Waals surface area (Å²) in [5, 5.41) is 3.44. The van der Waals surface area contributed by atoms with Gasteiger partial charge in [-0.05, 0) is 47.4 Å². The number of carbonyl (C=O) groups is 2. The highest BCUT2D eigenvalue weighted by Crippen LogP contribution is 2.28. The summed E-state index contributed by atoms with van der Waals surface area (Å²) in [7, 11) is 3.17. The number of ether oxygens (including phenoxy) is 3. The van der Waals surface area contributed by atoms with Crippen LogP contribution in [0.1, 0.15) is 22.7 Å². The van der Waals surface area contributed by atoms with Crippen molar-refractivity contribution in [3.8, 4) is 17.2 Å². The van der Waals surface area contributed by atoms with Gasteiger partial charge < -0.3 is 24.4 Å². The number of amides is 2. The number of benzene rings is 4. The number of nitrogens with zero attached hydrogens (tertiary/aromatic N) is 1. The Morgan fingerprint density at radius 3 is 2.12 bits per heavy atom. The van der Waals surface area contributed by atoms with E-state index in [4.69, 9.17) is 25.8 Å². The number of halogens is 1. The molecular weight excluding hydrogens is 540 g/mol. The second-order valence-corrected chi connectivity index (χ2v) is 9.68. The van der Waals surface area contributed by atoms with Crippen LogP contribution in [0.25, 0.3) is 0 Å². The van der Waals surface area contributed by atoms with Crippen LogP contribution >= 0.6 is 11.6 Å². The number of carbonyl (C=O) groups excluding carboxylic acids is 2. The monoisotopic (exact) mass is 572 g/mol. The molecule has 0 heterocycles. The van der Waals surface area contributed by atoms with Gasteiger partial charge in [0.15, 0.2) is 18.1 Å². The van der Waals surface area contributed by atoms with Gasteiger partial charge in [-0.15, -0.1) is 0 Å². The maximum absolute atomic E-state index is 13.8. The topological polar surface area (TPSA) is 77.1 Å². The van der Waals surface area contributed by atoms with Crippen LogP contribution in [0.2, 0.25) is 5.02 Å². The van der Waals surface area contributed by atoms with E-state index in [0.717, 1.165) is 11.1 Å². The molecule has 4 aromatic carbocycles. The SMILES string of the molecule is COc1ccc(CCNC(=O)[C@H](c2ccccc2)N(Cc2ccccc2)C(=O)COc2ccccc2Cl)cc1OC. The predicted octanol–water partition coefficient (Wildman–Crippen LogP) is 5.87. The number of rotatable bonds is 13. The van der Waals surface area contributed by atoms with E-state index in [9.17, 15) is 9.59 Å². The Hall–Kier alpha value is -4.49. The molecule has 1 atom stereocenters. The average molecular weight is 573 g/mol. The molecule has 1 N–H and O–H groups in total. The summed E-state index contributed by atoms with van der Waals surface area (Å²) in [6.07, 6.45) is 0.565. The Labute approximate surface area is 245 Å². The third-order valence-electron chi connectivity index (χ3n) is 6.54. The van der Waals surface area contributed by atoms with Gasteiger partial charge in [0, 0.05) is 13.1 Å². The normalized spacial score (nSPS) is 11.3. The summed E-state index contributed by atoms with van der Waals surface area (Å²) >= 11 is 6.24. The van der Waals surface area contributed by atoms with Gasteiger partial charge in [-0.2, -0.15) is 0 Å². The lowest BCUT2D eigenvalue weighted by Gasteiger charge is -2.31. The number of hydrogen-bond acceptors (Lipinski definition) is 5. The van der Waals surface area contributed by atoms with Crippen molar-refractivity contribution in [2.45, 2.75) is 19.0 Å². The number of methoxy groups -OCH3 is 2. The van der Waals surface area contributed by atoms with E-state index in [-0.39, 0.29) is 25.0 Å². The first-order valence-corrected chi connectivity index (χ1v) is 13.6. The van der Waals surface area contributed by atoms with Crippen molar-refractivity contribution < 1.29 is 23.8 Å². The molecule has 0 aliphatic carbocycles. The zero-order valence-corrected chi connectivity index (χ0v) is 23.8. The van der Waals surface area contributed by atoms with E-state index < -0.39 is 6.04 Å². The molecule has 8 heteroatoms. The molecule has 212 valence electrons. The summed E-state index contributed by atoms with van der Waals surface area (Å²) in [5.41, 5.74) is 2.56. The van der Waals surface area contributed by atoms with Crippen molar-refractivity contribution in [2.24, 2.45) is 0 Å². The third kappa shape index (κ3) is 8.02. The van der Waals surface area contributed by atoms with Crippen molar-refractivity contribution in [3.05, 3.63) is 125 Å². The Bertz CT molecular complexity index is 1430. The van der Waals surface area contributed by atoms with Crippen LogP contribution in [0.5, 0.6) is 17.2 Å². The molecule has 7 nitrogen and oxygen atoms in total. The van der Waals surface area contributed by atoms with Crippen LogP contribution in [0.3, 0.4) is 0 Å². The molecule has 0 aliphatic heterocycles. The molecule has 0 aromatic heterocycles. The lowest BCUT2D eigenvalue weighted by molar-refractivity contribution is -0.143. The maximum Gasteiger partial charge on any atom is 0.261 e. The van der Waals surface area contributed by atoms with Crippen LogP contribution in [0.15, 0.2) is 103 Å². The lowest BCUT2D eigenvalue weighted by atomic mass is 10.0. The van der Waals surface area contributed by atoms with Crippen molar-refractivity contribution in [1.82, 2.24) is 10.2 Å². The molecule has 0 fully saturated rings. The molecule has 0 aliphatic rings. The minimum Gasteiger partial charge on any atom is -0.493 e. The Morgan fingerprint density at radius 2 is 1.44 bits per heavy atom. The molecule has 0 unspecified atom stereocenters. The minimum absolute atomic E-state index is 0.216. The molecule has 0 radical (unpaired) electrons. The lowest BCUT2D eigenvalue weighted by Crippen LogP contribution is -2.45. The molecule has 2 amide bonds. The van der Waals surface area contributed by atoms with Crippen molar-refractivity contribution in [2.75, 3.05) is 27.4 Å². The summed E-state index contributed by atoms with van der Waals surface area (Å²) in [4.78, 5) is 29.1. The Morgan fingerprint density at radius 1 is 0.780 bits per heavy atom. The predicted molar refractivity (Wildman–Crippen MR) is 159 cm³/mol. The van der Waals surface area contributed by atoms with Gasteiger partial charge in [-0.3, -0.25) is 9.59 Å². The second kappa shape index (κ2) is 14.8. The zero-order chi connectivity index (χ0) is 29.0. The fourth-order valence-electron chi connectivity index (χ4n) is 4.46. The second-order valence-electron chi connectivity index (χ2n) is 9.27. The molecule has 0 saturated heterocycles. The molecule has 4 rings (SSSR count). The number of hydrogen-bond donors (Lipinski definition) is 1. The van der Waals surface area contributed by atoms with Gasteiger partial charge in [-0.25, -0.2) is 0 Å². The van der Waals surface area contributed by atoms with Gasteiger partial charge in [-0.1, -0.05) is 90.5 Å². The highest BCUT2D eigenvalue weighted by molar-refractivity contribution is 6.32.